The molecule has 0 aliphatic heterocycles. The van der Waals surface area contributed by atoms with E-state index in [9.17, 15) is 18.0 Å². The van der Waals surface area contributed by atoms with Crippen molar-refractivity contribution < 1.29 is 18.0 Å². The number of nitrogens with one attached hydrogen (secondary N) is 1. The third-order valence-electron chi connectivity index (χ3n) is 4.19. The maximum atomic E-state index is 12.9. The Balaban J connectivity index is 1.70. The first-order valence-corrected chi connectivity index (χ1v) is 9.73. The van der Waals surface area contributed by atoms with Gasteiger partial charge in [-0.2, -0.15) is 13.2 Å². The number of benzene rings is 1. The van der Waals surface area contributed by atoms with E-state index >= 15 is 0 Å². The molecule has 1 fully saturated rings. The fourth-order valence-electron chi connectivity index (χ4n) is 2.60. The second-order valence-electron chi connectivity index (χ2n) is 6.30. The molecule has 0 radical (unpaired) electrons. The number of amides is 1. The van der Waals surface area contributed by atoms with E-state index in [2.05, 4.69) is 15.5 Å². The van der Waals surface area contributed by atoms with E-state index in [1.165, 1.54) is 17.8 Å². The van der Waals surface area contributed by atoms with Gasteiger partial charge in [0.05, 0.1) is 15.8 Å². The number of alkyl halides is 3. The second kappa shape index (κ2) is 7.71. The normalized spacial score (nSPS) is 15.6. The van der Waals surface area contributed by atoms with Crippen LogP contribution < -0.4 is 5.32 Å². The summed E-state index contributed by atoms with van der Waals surface area (Å²) in [5, 5.41) is 10.5. The fourth-order valence-corrected chi connectivity index (χ4v) is 3.75. The van der Waals surface area contributed by atoms with E-state index in [-0.39, 0.29) is 5.69 Å². The molecular weight excluding hydrogens is 401 g/mol. The molecule has 1 aliphatic carbocycles. The lowest BCUT2D eigenvalue weighted by molar-refractivity contribution is -0.137. The van der Waals surface area contributed by atoms with Crippen LogP contribution in [0.25, 0.3) is 0 Å². The minimum Gasteiger partial charge on any atom is -0.325 e. The Bertz CT molecular complexity index is 851. The predicted molar refractivity (Wildman–Crippen MR) is 98.1 cm³/mol. The number of halogens is 4. The summed E-state index contributed by atoms with van der Waals surface area (Å²) in [5.74, 6) is 0.944. The molecular formula is C17H18ClF3N4OS. The zero-order valence-electron chi connectivity index (χ0n) is 14.7. The molecule has 0 saturated heterocycles. The van der Waals surface area contributed by atoms with Gasteiger partial charge in [0.2, 0.25) is 5.91 Å². The minimum absolute atomic E-state index is 0.0415. The van der Waals surface area contributed by atoms with E-state index in [1.54, 1.807) is 6.92 Å². The summed E-state index contributed by atoms with van der Waals surface area (Å²) in [4.78, 5) is 12.4. The maximum Gasteiger partial charge on any atom is 0.417 e. The molecule has 1 atom stereocenters. The Hall–Kier alpha value is -1.74. The molecule has 0 spiro atoms. The largest absolute Gasteiger partial charge is 0.417 e. The zero-order valence-corrected chi connectivity index (χ0v) is 16.3. The number of anilines is 1. The van der Waals surface area contributed by atoms with Crippen molar-refractivity contribution in [1.29, 1.82) is 0 Å². The van der Waals surface area contributed by atoms with Crippen molar-refractivity contribution in [2.45, 2.75) is 55.7 Å². The molecule has 1 unspecified atom stereocenters. The van der Waals surface area contributed by atoms with E-state index in [4.69, 9.17) is 11.6 Å². The lowest BCUT2D eigenvalue weighted by atomic mass is 10.2. The van der Waals surface area contributed by atoms with Crippen LogP contribution in [0.1, 0.15) is 44.0 Å². The topological polar surface area (TPSA) is 59.8 Å². The highest BCUT2D eigenvalue weighted by atomic mass is 35.5. The first kappa shape index (κ1) is 20.0. The summed E-state index contributed by atoms with van der Waals surface area (Å²) < 4.78 is 40.8. The lowest BCUT2D eigenvalue weighted by Crippen LogP contribution is -2.23. The van der Waals surface area contributed by atoms with Crippen LogP contribution in [-0.2, 0) is 17.5 Å². The van der Waals surface area contributed by atoms with Crippen LogP contribution in [0, 0.1) is 0 Å². The van der Waals surface area contributed by atoms with E-state index < -0.39 is 27.9 Å². The summed E-state index contributed by atoms with van der Waals surface area (Å²) in [6, 6.07) is 3.29. The van der Waals surface area contributed by atoms with Gasteiger partial charge in [0, 0.05) is 18.2 Å². The number of hydrogen-bond acceptors (Lipinski definition) is 4. The Kier molecular flexibility index (Phi) is 5.71. The Morgan fingerprint density at radius 1 is 1.41 bits per heavy atom. The summed E-state index contributed by atoms with van der Waals surface area (Å²) >= 11 is 6.83. The van der Waals surface area contributed by atoms with Crippen LogP contribution in [0.5, 0.6) is 0 Å². The van der Waals surface area contributed by atoms with Crippen molar-refractivity contribution in [2.24, 2.45) is 0 Å². The van der Waals surface area contributed by atoms with Crippen LogP contribution in [0.3, 0.4) is 0 Å². The Labute approximate surface area is 163 Å². The Morgan fingerprint density at radius 3 is 2.70 bits per heavy atom. The predicted octanol–water partition coefficient (Wildman–Crippen LogP) is 4.97. The zero-order chi connectivity index (χ0) is 19.8. The average Bonchev–Trinajstić information content (AvgIpc) is 3.36. The van der Waals surface area contributed by atoms with E-state index in [1.807, 2.05) is 11.5 Å². The van der Waals surface area contributed by atoms with Crippen molar-refractivity contribution in [3.05, 3.63) is 34.6 Å². The van der Waals surface area contributed by atoms with Crippen LogP contribution in [0.2, 0.25) is 5.02 Å². The van der Waals surface area contributed by atoms with Crippen molar-refractivity contribution in [3.8, 4) is 0 Å². The molecule has 146 valence electrons. The van der Waals surface area contributed by atoms with Crippen molar-refractivity contribution in [1.82, 2.24) is 14.8 Å². The molecule has 1 saturated carbocycles. The number of nitrogens with zero attached hydrogens (tertiary/aromatic N) is 3. The number of rotatable bonds is 6. The SMILES string of the molecule is CCn1c(SC(C)C(=O)Nc2ccc(Cl)c(C(F)(F)F)c2)nnc1C1CC1. The van der Waals surface area contributed by atoms with Gasteiger partial charge in [-0.15, -0.1) is 10.2 Å². The lowest BCUT2D eigenvalue weighted by Gasteiger charge is -2.14. The van der Waals surface area contributed by atoms with E-state index in [0.717, 1.165) is 30.8 Å². The van der Waals surface area contributed by atoms with Crippen LogP contribution in [0.15, 0.2) is 23.4 Å². The summed E-state index contributed by atoms with van der Waals surface area (Å²) in [7, 11) is 0. The van der Waals surface area contributed by atoms with Gasteiger partial charge in [0.25, 0.3) is 0 Å². The molecule has 2 aromatic rings. The van der Waals surface area contributed by atoms with Gasteiger partial charge in [0.15, 0.2) is 5.16 Å². The molecule has 1 aromatic carbocycles. The fraction of sp³-hybridized carbons (Fsp3) is 0.471. The van der Waals surface area contributed by atoms with Crippen molar-refractivity contribution in [3.63, 3.8) is 0 Å². The van der Waals surface area contributed by atoms with Gasteiger partial charge in [0.1, 0.15) is 5.82 Å². The quantitative estimate of drug-likeness (QED) is 0.673. The summed E-state index contributed by atoms with van der Waals surface area (Å²) in [6.45, 7) is 4.35. The van der Waals surface area contributed by atoms with Gasteiger partial charge in [-0.05, 0) is 44.9 Å². The number of carbonyl (C=O) groups is 1. The minimum atomic E-state index is -4.59. The molecule has 1 heterocycles. The molecule has 1 aromatic heterocycles. The molecule has 5 nitrogen and oxygen atoms in total. The first-order valence-electron chi connectivity index (χ1n) is 8.48. The van der Waals surface area contributed by atoms with E-state index in [0.29, 0.717) is 17.6 Å². The van der Waals surface area contributed by atoms with Gasteiger partial charge in [-0.25, -0.2) is 0 Å². The maximum absolute atomic E-state index is 12.9. The smallest absolute Gasteiger partial charge is 0.325 e. The molecule has 3 rings (SSSR count). The van der Waals surface area contributed by atoms with Crippen LogP contribution in [-0.4, -0.2) is 25.9 Å². The Morgan fingerprint density at radius 2 is 2.11 bits per heavy atom. The first-order chi connectivity index (χ1) is 12.7. The van der Waals surface area contributed by atoms with Crippen molar-refractivity contribution in [2.75, 3.05) is 5.32 Å². The number of aromatic nitrogens is 3. The summed E-state index contributed by atoms with van der Waals surface area (Å²) in [6.07, 6.45) is -2.40. The van der Waals surface area contributed by atoms with Crippen LogP contribution >= 0.6 is 23.4 Å². The highest BCUT2D eigenvalue weighted by Gasteiger charge is 2.34. The molecule has 1 N–H and O–H groups in total. The monoisotopic (exact) mass is 418 g/mol. The molecule has 27 heavy (non-hydrogen) atoms. The van der Waals surface area contributed by atoms with Gasteiger partial charge in [-0.1, -0.05) is 23.4 Å². The third-order valence-corrected chi connectivity index (χ3v) is 5.60. The average molecular weight is 419 g/mol. The standard InChI is InChI=1S/C17H18ClF3N4OS/c1-3-25-14(10-4-5-10)23-24-16(25)27-9(2)15(26)22-11-6-7-13(18)12(8-11)17(19,20)21/h6-10H,3-5H2,1-2H3,(H,22,26). The van der Waals surface area contributed by atoms with Gasteiger partial charge >= 0.3 is 6.18 Å². The molecule has 0 bridgehead atoms. The highest BCUT2D eigenvalue weighted by Crippen LogP contribution is 2.40. The third kappa shape index (κ3) is 4.57. The van der Waals surface area contributed by atoms with Gasteiger partial charge in [-0.3, -0.25) is 4.79 Å². The molecule has 10 heteroatoms. The van der Waals surface area contributed by atoms with Crippen molar-refractivity contribution >= 4 is 35.0 Å². The summed E-state index contributed by atoms with van der Waals surface area (Å²) in [5.41, 5.74) is -0.943. The number of hydrogen-bond donors (Lipinski definition) is 1. The highest BCUT2D eigenvalue weighted by molar-refractivity contribution is 8.00. The molecule has 1 aliphatic rings. The second-order valence-corrected chi connectivity index (χ2v) is 8.02. The number of thioether (sulfide) groups is 1. The van der Waals surface area contributed by atoms with Crippen LogP contribution in [0.4, 0.5) is 18.9 Å². The molecule has 1 amide bonds. The van der Waals surface area contributed by atoms with Gasteiger partial charge < -0.3 is 9.88 Å². The number of carbonyl (C=O) groups excluding carboxylic acids is 1.